The van der Waals surface area contributed by atoms with Crippen molar-refractivity contribution in [2.24, 2.45) is 11.7 Å². The standard InChI is InChI=1S/C16H19F2N/c1-11-8-12(10-13(17)9-11)14(6-7-19)15-4-2-3-5-16(15)18/h2-5,9-11,14H,6-8,19H2,1H3. The number of hydrogen-bond donors (Lipinski definition) is 1. The highest BCUT2D eigenvalue weighted by atomic mass is 19.1. The molecule has 2 N–H and O–H groups in total. The van der Waals surface area contributed by atoms with Crippen LogP contribution in [0.1, 0.15) is 31.2 Å². The lowest BCUT2D eigenvalue weighted by Crippen LogP contribution is -2.14. The van der Waals surface area contributed by atoms with E-state index in [0.29, 0.717) is 18.5 Å². The van der Waals surface area contributed by atoms with E-state index in [1.54, 1.807) is 24.3 Å². The number of halogens is 2. The molecular formula is C16H19F2N. The minimum absolute atomic E-state index is 0.131. The summed E-state index contributed by atoms with van der Waals surface area (Å²) in [6.45, 7) is 2.42. The van der Waals surface area contributed by atoms with Crippen LogP contribution in [-0.2, 0) is 0 Å². The van der Waals surface area contributed by atoms with Crippen molar-refractivity contribution in [3.63, 3.8) is 0 Å². The fraction of sp³-hybridized carbons (Fsp3) is 0.375. The fourth-order valence-electron chi connectivity index (χ4n) is 2.69. The molecule has 0 saturated carbocycles. The summed E-state index contributed by atoms with van der Waals surface area (Å²) in [7, 11) is 0. The van der Waals surface area contributed by atoms with E-state index in [1.807, 2.05) is 6.92 Å². The molecule has 0 aromatic heterocycles. The molecule has 1 aliphatic carbocycles. The second-order valence-corrected chi connectivity index (χ2v) is 5.10. The van der Waals surface area contributed by atoms with E-state index < -0.39 is 0 Å². The molecule has 1 aromatic rings. The van der Waals surface area contributed by atoms with Gasteiger partial charge in [-0.05, 0) is 49.1 Å². The smallest absolute Gasteiger partial charge is 0.127 e. The Morgan fingerprint density at radius 1 is 1.32 bits per heavy atom. The minimum atomic E-state index is -0.246. The molecule has 1 nitrogen and oxygen atoms in total. The van der Waals surface area contributed by atoms with E-state index >= 15 is 0 Å². The predicted molar refractivity (Wildman–Crippen MR) is 73.9 cm³/mol. The van der Waals surface area contributed by atoms with Gasteiger partial charge in [0, 0.05) is 5.92 Å². The molecule has 3 heteroatoms. The van der Waals surface area contributed by atoms with Crippen molar-refractivity contribution in [3.05, 3.63) is 59.2 Å². The molecular weight excluding hydrogens is 244 g/mol. The number of nitrogens with two attached hydrogens (primary N) is 1. The van der Waals surface area contributed by atoms with Crippen molar-refractivity contribution in [2.75, 3.05) is 6.54 Å². The SMILES string of the molecule is CC1C=C(F)C=C(C(CCN)c2ccccc2F)C1. The zero-order valence-corrected chi connectivity index (χ0v) is 11.1. The first-order valence-corrected chi connectivity index (χ1v) is 6.64. The van der Waals surface area contributed by atoms with Crippen LogP contribution in [0.4, 0.5) is 8.78 Å². The van der Waals surface area contributed by atoms with Crippen LogP contribution in [0, 0.1) is 11.7 Å². The van der Waals surface area contributed by atoms with E-state index in [9.17, 15) is 8.78 Å². The first-order chi connectivity index (χ1) is 9.11. The minimum Gasteiger partial charge on any atom is -0.330 e. The fourth-order valence-corrected chi connectivity index (χ4v) is 2.69. The molecule has 0 spiro atoms. The molecule has 102 valence electrons. The lowest BCUT2D eigenvalue weighted by Gasteiger charge is -2.25. The van der Waals surface area contributed by atoms with E-state index in [4.69, 9.17) is 5.73 Å². The molecule has 0 saturated heterocycles. The van der Waals surface area contributed by atoms with Crippen molar-refractivity contribution in [1.82, 2.24) is 0 Å². The molecule has 0 amide bonds. The average Bonchev–Trinajstić information content (AvgIpc) is 2.36. The van der Waals surface area contributed by atoms with Crippen LogP contribution in [-0.4, -0.2) is 6.54 Å². The van der Waals surface area contributed by atoms with Crippen LogP contribution in [0.25, 0.3) is 0 Å². The maximum atomic E-state index is 13.9. The molecule has 0 heterocycles. The van der Waals surface area contributed by atoms with Crippen LogP contribution >= 0.6 is 0 Å². The average molecular weight is 263 g/mol. The molecule has 0 aliphatic heterocycles. The van der Waals surface area contributed by atoms with Gasteiger partial charge in [0.15, 0.2) is 0 Å². The van der Waals surface area contributed by atoms with Crippen LogP contribution in [0.3, 0.4) is 0 Å². The van der Waals surface area contributed by atoms with Gasteiger partial charge in [-0.2, -0.15) is 0 Å². The van der Waals surface area contributed by atoms with E-state index in [1.165, 1.54) is 12.1 Å². The van der Waals surface area contributed by atoms with Crippen LogP contribution in [0.2, 0.25) is 0 Å². The Labute approximate surface area is 112 Å². The second kappa shape index (κ2) is 6.11. The lowest BCUT2D eigenvalue weighted by atomic mass is 9.81. The van der Waals surface area contributed by atoms with Crippen molar-refractivity contribution >= 4 is 0 Å². The molecule has 2 rings (SSSR count). The molecule has 1 aliphatic rings. The Kier molecular flexibility index (Phi) is 4.48. The number of benzene rings is 1. The summed E-state index contributed by atoms with van der Waals surface area (Å²) < 4.78 is 27.5. The maximum absolute atomic E-state index is 13.9. The highest BCUT2D eigenvalue weighted by Gasteiger charge is 2.23. The molecule has 2 unspecified atom stereocenters. The largest absolute Gasteiger partial charge is 0.330 e. The van der Waals surface area contributed by atoms with Crippen molar-refractivity contribution in [3.8, 4) is 0 Å². The Hall–Kier alpha value is -1.48. The van der Waals surface area contributed by atoms with E-state index in [0.717, 1.165) is 12.0 Å². The summed E-state index contributed by atoms with van der Waals surface area (Å²) in [5.74, 6) is -0.461. The summed E-state index contributed by atoms with van der Waals surface area (Å²) in [5.41, 5.74) is 7.18. The summed E-state index contributed by atoms with van der Waals surface area (Å²) in [6, 6.07) is 6.67. The highest BCUT2D eigenvalue weighted by molar-refractivity contribution is 5.36. The first-order valence-electron chi connectivity index (χ1n) is 6.64. The second-order valence-electron chi connectivity index (χ2n) is 5.10. The molecule has 2 atom stereocenters. The van der Waals surface area contributed by atoms with Gasteiger partial charge in [-0.25, -0.2) is 8.78 Å². The molecule has 0 fully saturated rings. The highest BCUT2D eigenvalue weighted by Crippen LogP contribution is 2.36. The van der Waals surface area contributed by atoms with Gasteiger partial charge >= 0.3 is 0 Å². The van der Waals surface area contributed by atoms with E-state index in [-0.39, 0.29) is 23.5 Å². The van der Waals surface area contributed by atoms with Crippen LogP contribution in [0.5, 0.6) is 0 Å². The third kappa shape index (κ3) is 3.29. The predicted octanol–water partition coefficient (Wildman–Crippen LogP) is 4.08. The van der Waals surface area contributed by atoms with Gasteiger partial charge in [-0.1, -0.05) is 30.7 Å². The van der Waals surface area contributed by atoms with Crippen molar-refractivity contribution < 1.29 is 8.78 Å². The van der Waals surface area contributed by atoms with Crippen molar-refractivity contribution in [1.29, 1.82) is 0 Å². The molecule has 0 bridgehead atoms. The Morgan fingerprint density at radius 2 is 2.05 bits per heavy atom. The summed E-state index contributed by atoms with van der Waals surface area (Å²) in [6.07, 6.45) is 4.52. The van der Waals surface area contributed by atoms with Gasteiger partial charge in [0.1, 0.15) is 11.6 Å². The third-order valence-electron chi connectivity index (χ3n) is 3.51. The zero-order chi connectivity index (χ0) is 13.8. The lowest BCUT2D eigenvalue weighted by molar-refractivity contribution is 0.545. The number of allylic oxidation sites excluding steroid dienone is 4. The number of rotatable bonds is 4. The Balaban J connectivity index is 2.36. The van der Waals surface area contributed by atoms with Gasteiger partial charge in [-0.3, -0.25) is 0 Å². The maximum Gasteiger partial charge on any atom is 0.127 e. The van der Waals surface area contributed by atoms with Crippen LogP contribution < -0.4 is 5.73 Å². The first kappa shape index (κ1) is 13.9. The van der Waals surface area contributed by atoms with Gasteiger partial charge in [0.05, 0.1) is 0 Å². The molecule has 0 radical (unpaired) electrons. The Morgan fingerprint density at radius 3 is 2.68 bits per heavy atom. The van der Waals surface area contributed by atoms with Gasteiger partial charge < -0.3 is 5.73 Å². The van der Waals surface area contributed by atoms with E-state index in [2.05, 4.69) is 0 Å². The Bertz CT molecular complexity index is 505. The van der Waals surface area contributed by atoms with Crippen molar-refractivity contribution in [2.45, 2.75) is 25.7 Å². The summed E-state index contributed by atoms with van der Waals surface area (Å²) in [5, 5.41) is 0. The summed E-state index contributed by atoms with van der Waals surface area (Å²) in [4.78, 5) is 0. The number of hydrogen-bond acceptors (Lipinski definition) is 1. The quantitative estimate of drug-likeness (QED) is 0.870. The normalized spacial score (nSPS) is 20.7. The third-order valence-corrected chi connectivity index (χ3v) is 3.51. The topological polar surface area (TPSA) is 26.0 Å². The van der Waals surface area contributed by atoms with Crippen LogP contribution in [0.15, 0.2) is 47.8 Å². The molecule has 1 aromatic carbocycles. The summed E-state index contributed by atoms with van der Waals surface area (Å²) >= 11 is 0. The monoisotopic (exact) mass is 263 g/mol. The van der Waals surface area contributed by atoms with Gasteiger partial charge in [0.25, 0.3) is 0 Å². The molecule has 19 heavy (non-hydrogen) atoms. The van der Waals surface area contributed by atoms with Gasteiger partial charge in [-0.15, -0.1) is 0 Å². The zero-order valence-electron chi connectivity index (χ0n) is 11.1. The van der Waals surface area contributed by atoms with Gasteiger partial charge in [0.2, 0.25) is 0 Å².